The fourth-order valence-electron chi connectivity index (χ4n) is 3.32. The fraction of sp³-hybridized carbons (Fsp3) is 0.200. The van der Waals surface area contributed by atoms with Gasteiger partial charge in [0, 0.05) is 6.42 Å². The normalized spacial score (nSPS) is 16.9. The van der Waals surface area contributed by atoms with Gasteiger partial charge in [0.05, 0.1) is 23.1 Å². The van der Waals surface area contributed by atoms with Crippen molar-refractivity contribution in [2.24, 2.45) is 0 Å². The Bertz CT molecular complexity index is 894. The van der Waals surface area contributed by atoms with Crippen molar-refractivity contribution in [3.63, 3.8) is 0 Å². The van der Waals surface area contributed by atoms with Gasteiger partial charge in [-0.2, -0.15) is 5.10 Å². The van der Waals surface area contributed by atoms with Gasteiger partial charge in [0.2, 0.25) is 0 Å². The van der Waals surface area contributed by atoms with Gasteiger partial charge in [-0.15, -0.1) is 0 Å². The van der Waals surface area contributed by atoms with E-state index < -0.39 is 0 Å². The first-order valence-corrected chi connectivity index (χ1v) is 8.04. The largest absolute Gasteiger partial charge is 0.294 e. The van der Waals surface area contributed by atoms with Crippen LogP contribution in [0.5, 0.6) is 0 Å². The molecule has 0 saturated carbocycles. The maximum Gasteiger partial charge on any atom is 0.166 e. The van der Waals surface area contributed by atoms with Crippen LogP contribution >= 0.6 is 0 Å². The molecule has 0 unspecified atom stereocenters. The van der Waals surface area contributed by atoms with Crippen LogP contribution in [-0.2, 0) is 6.42 Å². The molecule has 0 amide bonds. The van der Waals surface area contributed by atoms with Crippen molar-refractivity contribution in [3.8, 4) is 5.69 Å². The number of carbonyl (C=O) groups is 1. The van der Waals surface area contributed by atoms with E-state index >= 15 is 0 Å². The fourth-order valence-corrected chi connectivity index (χ4v) is 3.32. The van der Waals surface area contributed by atoms with Crippen LogP contribution in [0.25, 0.3) is 5.69 Å². The number of Topliss-reactive ketones (excluding diaryl/α,β-unsaturated/α-hetero) is 1. The van der Waals surface area contributed by atoms with Gasteiger partial charge in [0.25, 0.3) is 0 Å². The lowest BCUT2D eigenvalue weighted by Gasteiger charge is -2.23. The third-order valence-corrected chi connectivity index (χ3v) is 4.66. The summed E-state index contributed by atoms with van der Waals surface area (Å²) >= 11 is 0. The molecule has 4 heteroatoms. The van der Waals surface area contributed by atoms with E-state index in [1.165, 1.54) is 17.7 Å². The summed E-state index contributed by atoms with van der Waals surface area (Å²) < 4.78 is 15.0. The van der Waals surface area contributed by atoms with Gasteiger partial charge < -0.3 is 0 Å². The van der Waals surface area contributed by atoms with Gasteiger partial charge in [0.1, 0.15) is 5.82 Å². The zero-order valence-corrected chi connectivity index (χ0v) is 13.4. The number of aromatic nitrogens is 2. The molecule has 4 rings (SSSR count). The number of hydrogen-bond donors (Lipinski definition) is 0. The molecule has 3 nitrogen and oxygen atoms in total. The van der Waals surface area contributed by atoms with Crippen LogP contribution in [0.1, 0.15) is 39.5 Å². The summed E-state index contributed by atoms with van der Waals surface area (Å²) in [5, 5.41) is 4.43. The standard InChI is InChI=1S/C20H17FN2O/c1-13-2-8-17(9-3-13)23-19-10-15(11-20(24)18(19)12-22-23)14-4-6-16(21)7-5-14/h2-9,12,15H,10-11H2,1H3/t15-/m1/s1. The minimum atomic E-state index is -0.258. The van der Waals surface area contributed by atoms with E-state index in [0.717, 1.165) is 23.4 Å². The molecule has 3 aromatic rings. The van der Waals surface area contributed by atoms with Gasteiger partial charge in [-0.25, -0.2) is 9.07 Å². The quantitative estimate of drug-likeness (QED) is 0.708. The second-order valence-electron chi connectivity index (χ2n) is 6.33. The Morgan fingerprint density at radius 3 is 2.46 bits per heavy atom. The van der Waals surface area contributed by atoms with Gasteiger partial charge >= 0.3 is 0 Å². The number of rotatable bonds is 2. The molecular weight excluding hydrogens is 303 g/mol. The molecule has 1 aliphatic carbocycles. The molecule has 1 atom stereocenters. The Kier molecular flexibility index (Phi) is 3.53. The summed E-state index contributed by atoms with van der Waals surface area (Å²) in [6.07, 6.45) is 2.83. The van der Waals surface area contributed by atoms with Crippen LogP contribution in [0, 0.1) is 12.7 Å². The zero-order chi connectivity index (χ0) is 16.7. The van der Waals surface area contributed by atoms with E-state index in [2.05, 4.69) is 5.10 Å². The number of aryl methyl sites for hydroxylation is 1. The highest BCUT2D eigenvalue weighted by molar-refractivity contribution is 5.98. The molecule has 1 aliphatic rings. The Morgan fingerprint density at radius 2 is 1.75 bits per heavy atom. The number of nitrogens with zero attached hydrogens (tertiary/aromatic N) is 2. The average Bonchev–Trinajstić information content (AvgIpc) is 3.01. The first-order chi connectivity index (χ1) is 11.6. The number of benzene rings is 2. The third-order valence-electron chi connectivity index (χ3n) is 4.66. The van der Waals surface area contributed by atoms with E-state index in [0.29, 0.717) is 12.0 Å². The van der Waals surface area contributed by atoms with E-state index in [9.17, 15) is 9.18 Å². The number of halogens is 1. The molecule has 120 valence electrons. The molecule has 0 saturated heterocycles. The van der Waals surface area contributed by atoms with Crippen LogP contribution in [-0.4, -0.2) is 15.6 Å². The summed E-state index contributed by atoms with van der Waals surface area (Å²) in [6.45, 7) is 2.04. The Morgan fingerprint density at radius 1 is 1.04 bits per heavy atom. The Balaban J connectivity index is 1.73. The van der Waals surface area contributed by atoms with Crippen molar-refractivity contribution in [2.45, 2.75) is 25.7 Å². The Hall–Kier alpha value is -2.75. The van der Waals surface area contributed by atoms with Gasteiger partial charge in [-0.3, -0.25) is 4.79 Å². The highest BCUT2D eigenvalue weighted by atomic mass is 19.1. The first-order valence-electron chi connectivity index (χ1n) is 8.04. The minimum absolute atomic E-state index is 0.0616. The predicted octanol–water partition coefficient (Wildman–Crippen LogP) is 4.23. The Labute approximate surface area is 139 Å². The molecule has 24 heavy (non-hydrogen) atoms. The highest BCUT2D eigenvalue weighted by Gasteiger charge is 2.30. The molecule has 0 bridgehead atoms. The van der Waals surface area contributed by atoms with Crippen LogP contribution in [0.15, 0.2) is 54.7 Å². The number of ketones is 1. The molecule has 0 radical (unpaired) electrons. The topological polar surface area (TPSA) is 34.9 Å². The van der Waals surface area contributed by atoms with Crippen molar-refractivity contribution in [1.29, 1.82) is 0 Å². The van der Waals surface area contributed by atoms with Crippen LogP contribution in [0.4, 0.5) is 4.39 Å². The highest BCUT2D eigenvalue weighted by Crippen LogP contribution is 2.33. The zero-order valence-electron chi connectivity index (χ0n) is 13.4. The predicted molar refractivity (Wildman–Crippen MR) is 90.1 cm³/mol. The summed E-state index contributed by atoms with van der Waals surface area (Å²) in [4.78, 5) is 12.5. The molecule has 1 aromatic heterocycles. The van der Waals surface area contributed by atoms with Crippen molar-refractivity contribution >= 4 is 5.78 Å². The summed E-state index contributed by atoms with van der Waals surface area (Å²) in [6, 6.07) is 14.5. The van der Waals surface area contributed by atoms with E-state index in [1.807, 2.05) is 35.9 Å². The molecule has 0 fully saturated rings. The number of hydrogen-bond acceptors (Lipinski definition) is 2. The summed E-state index contributed by atoms with van der Waals surface area (Å²) in [5.74, 6) is -0.0956. The molecule has 0 spiro atoms. The first kappa shape index (κ1) is 14.8. The van der Waals surface area contributed by atoms with Crippen molar-refractivity contribution in [1.82, 2.24) is 9.78 Å². The maximum atomic E-state index is 13.2. The van der Waals surface area contributed by atoms with Gasteiger partial charge in [0.15, 0.2) is 5.78 Å². The lowest BCUT2D eigenvalue weighted by molar-refractivity contribution is 0.0964. The molecule has 0 aliphatic heterocycles. The van der Waals surface area contributed by atoms with Gasteiger partial charge in [-0.1, -0.05) is 29.8 Å². The maximum absolute atomic E-state index is 13.2. The van der Waals surface area contributed by atoms with Gasteiger partial charge in [-0.05, 0) is 49.1 Å². The summed E-state index contributed by atoms with van der Waals surface area (Å²) in [5.41, 5.74) is 4.76. The van der Waals surface area contributed by atoms with Crippen LogP contribution < -0.4 is 0 Å². The number of carbonyl (C=O) groups excluding carboxylic acids is 1. The molecule has 2 aromatic carbocycles. The van der Waals surface area contributed by atoms with Crippen molar-refractivity contribution < 1.29 is 9.18 Å². The van der Waals surface area contributed by atoms with E-state index in [4.69, 9.17) is 0 Å². The van der Waals surface area contributed by atoms with Crippen LogP contribution in [0.3, 0.4) is 0 Å². The van der Waals surface area contributed by atoms with Crippen molar-refractivity contribution in [3.05, 3.63) is 82.9 Å². The van der Waals surface area contributed by atoms with Crippen LogP contribution in [0.2, 0.25) is 0 Å². The summed E-state index contributed by atoms with van der Waals surface area (Å²) in [7, 11) is 0. The van der Waals surface area contributed by atoms with Crippen molar-refractivity contribution in [2.75, 3.05) is 0 Å². The second-order valence-corrected chi connectivity index (χ2v) is 6.33. The van der Waals surface area contributed by atoms with E-state index in [-0.39, 0.29) is 17.5 Å². The third kappa shape index (κ3) is 2.54. The average molecular weight is 320 g/mol. The smallest absolute Gasteiger partial charge is 0.166 e. The molecular formula is C20H17FN2O. The molecule has 0 N–H and O–H groups in total. The lowest BCUT2D eigenvalue weighted by Crippen LogP contribution is -2.20. The van der Waals surface area contributed by atoms with E-state index in [1.54, 1.807) is 18.3 Å². The second kappa shape index (κ2) is 5.71. The SMILES string of the molecule is Cc1ccc(-n2ncc3c2C[C@@H](c2ccc(F)cc2)CC3=O)cc1. The minimum Gasteiger partial charge on any atom is -0.294 e. The number of fused-ring (bicyclic) bond motifs is 1. The molecule has 1 heterocycles. The monoisotopic (exact) mass is 320 g/mol. The lowest BCUT2D eigenvalue weighted by atomic mass is 9.82.